The Hall–Kier alpha value is -4.64. The second-order valence-electron chi connectivity index (χ2n) is 8.09. The number of hydrogen-bond acceptors (Lipinski definition) is 7. The summed E-state index contributed by atoms with van der Waals surface area (Å²) in [4.78, 5) is 44.5. The van der Waals surface area contributed by atoms with E-state index in [4.69, 9.17) is 11.5 Å². The molecule has 4 rings (SSSR count). The fourth-order valence-corrected chi connectivity index (χ4v) is 4.49. The highest BCUT2D eigenvalue weighted by atomic mass is 32.1. The molecule has 0 aliphatic heterocycles. The summed E-state index contributed by atoms with van der Waals surface area (Å²) in [5.74, 6) is -2.50. The van der Waals surface area contributed by atoms with Crippen LogP contribution >= 0.6 is 11.5 Å². The second kappa shape index (κ2) is 11.4. The van der Waals surface area contributed by atoms with Gasteiger partial charge in [-0.2, -0.15) is 4.37 Å². The van der Waals surface area contributed by atoms with Crippen molar-refractivity contribution in [2.24, 2.45) is 5.73 Å². The van der Waals surface area contributed by atoms with Crippen molar-refractivity contribution >= 4 is 34.9 Å². The Morgan fingerprint density at radius 2 is 1.70 bits per heavy atom. The summed E-state index contributed by atoms with van der Waals surface area (Å²) in [6.07, 6.45) is 3.15. The second-order valence-corrected chi connectivity index (χ2v) is 8.86. The number of pyridine rings is 1. The van der Waals surface area contributed by atoms with Crippen LogP contribution in [0.4, 0.5) is 10.1 Å². The molecule has 2 aromatic carbocycles. The molecule has 0 spiro atoms. The van der Waals surface area contributed by atoms with Gasteiger partial charge in [-0.3, -0.25) is 19.4 Å². The van der Waals surface area contributed by atoms with Crippen LogP contribution in [0.2, 0.25) is 0 Å². The quantitative estimate of drug-likeness (QED) is 0.311. The third-order valence-electron chi connectivity index (χ3n) is 5.55. The monoisotopic (exact) mass is 518 g/mol. The van der Waals surface area contributed by atoms with Gasteiger partial charge in [-0.1, -0.05) is 48.5 Å². The van der Waals surface area contributed by atoms with Crippen LogP contribution in [0.15, 0.2) is 79.1 Å². The van der Waals surface area contributed by atoms with Crippen molar-refractivity contribution in [3.05, 3.63) is 112 Å². The van der Waals surface area contributed by atoms with Gasteiger partial charge in [0.15, 0.2) is 5.69 Å². The maximum atomic E-state index is 13.9. The third-order valence-corrected chi connectivity index (χ3v) is 6.40. The number of carbonyl (C=O) groups excluding carboxylic acids is 3. The molecular weight excluding hydrogens is 495 g/mol. The Bertz CT molecular complexity index is 1400. The molecule has 5 N–H and O–H groups in total. The van der Waals surface area contributed by atoms with Crippen LogP contribution in [0.25, 0.3) is 0 Å². The first-order valence-corrected chi connectivity index (χ1v) is 11.9. The molecule has 0 saturated heterocycles. The number of halogens is 1. The summed E-state index contributed by atoms with van der Waals surface area (Å²) in [6, 6.07) is 16.9. The van der Waals surface area contributed by atoms with E-state index in [9.17, 15) is 18.8 Å². The minimum Gasteiger partial charge on any atom is -0.395 e. The summed E-state index contributed by atoms with van der Waals surface area (Å²) in [6.45, 7) is 0.178. The van der Waals surface area contributed by atoms with Gasteiger partial charge >= 0.3 is 0 Å². The zero-order valence-electron chi connectivity index (χ0n) is 19.5. The van der Waals surface area contributed by atoms with Crippen LogP contribution in [0.5, 0.6) is 0 Å². The van der Waals surface area contributed by atoms with Gasteiger partial charge in [0.1, 0.15) is 16.7 Å². The summed E-state index contributed by atoms with van der Waals surface area (Å²) in [5, 5.41) is 2.86. The number of amides is 3. The molecule has 2 aromatic heterocycles. The molecule has 0 aliphatic carbocycles. The minimum absolute atomic E-state index is 0.0310. The molecular formula is C26H23FN6O3S. The molecule has 3 amide bonds. The van der Waals surface area contributed by atoms with E-state index in [1.54, 1.807) is 24.5 Å². The molecule has 37 heavy (non-hydrogen) atoms. The van der Waals surface area contributed by atoms with E-state index in [0.717, 1.165) is 5.56 Å². The molecule has 1 unspecified atom stereocenters. The van der Waals surface area contributed by atoms with E-state index in [1.807, 2.05) is 30.3 Å². The standard InChI is InChI=1S/C26H23FN6O3S/c27-19-10-8-18(9-11-19)22(25(35)31-14-16-5-2-1-3-6-16)33(15-17-7-4-12-30-13-17)26(36)23-20(28)21(24(29)34)32-37-23/h1-13,22H,14-15,28H2,(H2,29,34)(H,31,35). The lowest BCUT2D eigenvalue weighted by Gasteiger charge is -2.31. The average molecular weight is 519 g/mol. The summed E-state index contributed by atoms with van der Waals surface area (Å²) < 4.78 is 17.7. The molecule has 0 fully saturated rings. The van der Waals surface area contributed by atoms with Crippen molar-refractivity contribution in [3.8, 4) is 0 Å². The maximum absolute atomic E-state index is 13.9. The van der Waals surface area contributed by atoms with Gasteiger partial charge in [0.05, 0.1) is 5.69 Å². The minimum atomic E-state index is -1.17. The largest absolute Gasteiger partial charge is 0.395 e. The third kappa shape index (κ3) is 5.96. The fraction of sp³-hybridized carbons (Fsp3) is 0.115. The number of nitrogens with zero attached hydrogens (tertiary/aromatic N) is 3. The van der Waals surface area contributed by atoms with Crippen molar-refractivity contribution in [2.45, 2.75) is 19.1 Å². The summed E-state index contributed by atoms with van der Waals surface area (Å²) >= 11 is 0.714. The Morgan fingerprint density at radius 1 is 1.00 bits per heavy atom. The number of carbonyl (C=O) groups is 3. The van der Waals surface area contributed by atoms with Crippen molar-refractivity contribution in [1.82, 2.24) is 19.6 Å². The SMILES string of the molecule is NC(=O)c1nsc(C(=O)N(Cc2cccnc2)C(C(=O)NCc2ccccc2)c2ccc(F)cc2)c1N. The summed E-state index contributed by atoms with van der Waals surface area (Å²) in [7, 11) is 0. The first-order valence-electron chi connectivity index (χ1n) is 11.2. The predicted molar refractivity (Wildman–Crippen MR) is 137 cm³/mol. The zero-order valence-corrected chi connectivity index (χ0v) is 20.3. The molecule has 9 nitrogen and oxygen atoms in total. The van der Waals surface area contributed by atoms with Gasteiger partial charge in [-0.15, -0.1) is 0 Å². The Labute approximate surface area is 216 Å². The van der Waals surface area contributed by atoms with E-state index < -0.39 is 29.6 Å². The van der Waals surface area contributed by atoms with Crippen molar-refractivity contribution in [2.75, 3.05) is 5.73 Å². The first-order chi connectivity index (χ1) is 17.8. The van der Waals surface area contributed by atoms with E-state index in [0.29, 0.717) is 22.7 Å². The van der Waals surface area contributed by atoms with Crippen molar-refractivity contribution < 1.29 is 18.8 Å². The molecule has 2 heterocycles. The molecule has 188 valence electrons. The van der Waals surface area contributed by atoms with E-state index in [-0.39, 0.29) is 29.3 Å². The number of anilines is 1. The smallest absolute Gasteiger partial charge is 0.270 e. The molecule has 11 heteroatoms. The van der Waals surface area contributed by atoms with Gasteiger partial charge in [0.2, 0.25) is 5.91 Å². The van der Waals surface area contributed by atoms with Crippen LogP contribution in [0, 0.1) is 5.82 Å². The lowest BCUT2D eigenvalue weighted by atomic mass is 10.0. The molecule has 0 saturated carbocycles. The Kier molecular flexibility index (Phi) is 7.84. The van der Waals surface area contributed by atoms with Crippen LogP contribution in [0.3, 0.4) is 0 Å². The number of rotatable bonds is 9. The first kappa shape index (κ1) is 25.5. The molecule has 1 atom stereocenters. The van der Waals surface area contributed by atoms with Gasteiger partial charge in [-0.05, 0) is 46.4 Å². The van der Waals surface area contributed by atoms with Crippen LogP contribution in [-0.2, 0) is 17.9 Å². The Morgan fingerprint density at radius 3 is 2.32 bits per heavy atom. The normalized spacial score (nSPS) is 11.5. The van der Waals surface area contributed by atoms with Gasteiger partial charge < -0.3 is 21.7 Å². The fourth-order valence-electron chi connectivity index (χ4n) is 3.73. The van der Waals surface area contributed by atoms with Crippen LogP contribution in [-0.4, -0.2) is 32.0 Å². The predicted octanol–water partition coefficient (Wildman–Crippen LogP) is 3.06. The molecule has 0 aliphatic rings. The van der Waals surface area contributed by atoms with Gasteiger partial charge in [0.25, 0.3) is 11.8 Å². The number of nitrogens with one attached hydrogen (secondary N) is 1. The van der Waals surface area contributed by atoms with E-state index >= 15 is 0 Å². The van der Waals surface area contributed by atoms with Crippen LogP contribution in [0.1, 0.15) is 42.9 Å². The highest BCUT2D eigenvalue weighted by Crippen LogP contribution is 2.30. The lowest BCUT2D eigenvalue weighted by Crippen LogP contribution is -2.43. The number of nitrogens with two attached hydrogens (primary N) is 2. The van der Waals surface area contributed by atoms with E-state index in [2.05, 4.69) is 14.7 Å². The average Bonchev–Trinajstić information content (AvgIpc) is 3.30. The lowest BCUT2D eigenvalue weighted by molar-refractivity contribution is -0.126. The number of nitrogen functional groups attached to an aromatic ring is 1. The Balaban J connectivity index is 1.76. The topological polar surface area (TPSA) is 144 Å². The van der Waals surface area contributed by atoms with Gasteiger partial charge in [0, 0.05) is 25.5 Å². The summed E-state index contributed by atoms with van der Waals surface area (Å²) in [5.41, 5.74) is 12.9. The number of aromatic nitrogens is 2. The number of hydrogen-bond donors (Lipinski definition) is 3. The number of benzene rings is 2. The molecule has 0 radical (unpaired) electrons. The van der Waals surface area contributed by atoms with Crippen molar-refractivity contribution in [1.29, 1.82) is 0 Å². The maximum Gasteiger partial charge on any atom is 0.270 e. The van der Waals surface area contributed by atoms with Gasteiger partial charge in [-0.25, -0.2) is 4.39 Å². The molecule has 0 bridgehead atoms. The highest BCUT2D eigenvalue weighted by molar-refractivity contribution is 7.09. The number of primary amides is 1. The van der Waals surface area contributed by atoms with Crippen molar-refractivity contribution in [3.63, 3.8) is 0 Å². The highest BCUT2D eigenvalue weighted by Gasteiger charge is 2.35. The van der Waals surface area contributed by atoms with Crippen LogP contribution < -0.4 is 16.8 Å². The zero-order chi connectivity index (χ0) is 26.4. The van der Waals surface area contributed by atoms with E-state index in [1.165, 1.54) is 29.2 Å². The molecule has 4 aromatic rings.